The van der Waals surface area contributed by atoms with E-state index in [9.17, 15) is 9.90 Å². The Morgan fingerprint density at radius 2 is 1.86 bits per heavy atom. The maximum atomic E-state index is 11.4. The lowest BCUT2D eigenvalue weighted by Crippen LogP contribution is -2.15. The Morgan fingerprint density at radius 3 is 2.64 bits per heavy atom. The molecule has 0 spiro atoms. The number of carboxylic acid groups (broad SMARTS) is 1. The van der Waals surface area contributed by atoms with Gasteiger partial charge in [0.2, 0.25) is 0 Å². The summed E-state index contributed by atoms with van der Waals surface area (Å²) in [5.74, 6) is -0.475. The summed E-state index contributed by atoms with van der Waals surface area (Å²) in [4.78, 5) is 11.4. The molecule has 2 aromatic carbocycles. The molecule has 0 radical (unpaired) electrons. The molecule has 1 aliphatic carbocycles. The Bertz CT molecular complexity index is 649. The molecular weight excluding hydrogens is 276 g/mol. The molecule has 1 atom stereocenters. The Kier molecular flexibility index (Phi) is 4.42. The van der Waals surface area contributed by atoms with Gasteiger partial charge in [-0.05, 0) is 54.5 Å². The van der Waals surface area contributed by atoms with E-state index in [0.717, 1.165) is 24.2 Å². The molecule has 0 aromatic heterocycles. The van der Waals surface area contributed by atoms with Gasteiger partial charge in [0.05, 0.1) is 12.5 Å². The highest BCUT2D eigenvalue weighted by molar-refractivity contribution is 5.76. The Hall–Kier alpha value is -2.29. The van der Waals surface area contributed by atoms with Crippen molar-refractivity contribution in [3.8, 4) is 5.75 Å². The maximum absolute atomic E-state index is 11.4. The van der Waals surface area contributed by atoms with Crippen LogP contribution < -0.4 is 4.74 Å². The largest absolute Gasteiger partial charge is 0.494 e. The fraction of sp³-hybridized carbons (Fsp3) is 0.316. The zero-order valence-corrected chi connectivity index (χ0v) is 12.5. The zero-order valence-electron chi connectivity index (χ0n) is 12.5. The Morgan fingerprint density at radius 1 is 1.09 bits per heavy atom. The molecule has 2 aromatic rings. The minimum atomic E-state index is -0.802. The van der Waals surface area contributed by atoms with Crippen LogP contribution in [0.1, 0.15) is 35.4 Å². The molecule has 22 heavy (non-hydrogen) atoms. The van der Waals surface area contributed by atoms with Crippen molar-refractivity contribution in [2.24, 2.45) is 0 Å². The van der Waals surface area contributed by atoms with E-state index in [1.807, 2.05) is 36.4 Å². The van der Waals surface area contributed by atoms with Crippen molar-refractivity contribution in [3.63, 3.8) is 0 Å². The molecule has 0 saturated carbocycles. The van der Waals surface area contributed by atoms with Gasteiger partial charge < -0.3 is 9.84 Å². The molecule has 0 fully saturated rings. The summed E-state index contributed by atoms with van der Waals surface area (Å²) in [6.45, 7) is 0.407. The minimum Gasteiger partial charge on any atom is -0.494 e. The molecule has 1 unspecified atom stereocenters. The van der Waals surface area contributed by atoms with Crippen molar-refractivity contribution >= 4 is 5.97 Å². The second-order valence-corrected chi connectivity index (χ2v) is 5.72. The van der Waals surface area contributed by atoms with Crippen LogP contribution in [0.5, 0.6) is 5.75 Å². The predicted octanol–water partition coefficient (Wildman–Crippen LogP) is 3.81. The number of carbonyl (C=O) groups is 1. The summed E-state index contributed by atoms with van der Waals surface area (Å²) in [5.41, 5.74) is 3.61. The average Bonchev–Trinajstić information content (AvgIpc) is 2.99. The first kappa shape index (κ1) is 14.6. The quantitative estimate of drug-likeness (QED) is 0.881. The van der Waals surface area contributed by atoms with E-state index >= 15 is 0 Å². The van der Waals surface area contributed by atoms with Crippen LogP contribution in [0.2, 0.25) is 0 Å². The molecule has 3 nitrogen and oxygen atoms in total. The number of ether oxygens (including phenoxy) is 1. The first-order chi connectivity index (χ1) is 10.7. The fourth-order valence-electron chi connectivity index (χ4n) is 3.05. The summed E-state index contributed by atoms with van der Waals surface area (Å²) in [7, 11) is 0. The number of fused-ring (bicyclic) bond motifs is 1. The third-order valence-corrected chi connectivity index (χ3v) is 4.25. The summed E-state index contributed by atoms with van der Waals surface area (Å²) >= 11 is 0. The molecule has 0 heterocycles. The van der Waals surface area contributed by atoms with Crippen molar-refractivity contribution < 1.29 is 14.6 Å². The Labute approximate surface area is 130 Å². The average molecular weight is 296 g/mol. The predicted molar refractivity (Wildman–Crippen MR) is 85.4 cm³/mol. The molecule has 0 saturated heterocycles. The minimum absolute atomic E-state index is 0.407. The third-order valence-electron chi connectivity index (χ3n) is 4.25. The first-order valence-corrected chi connectivity index (χ1v) is 7.76. The number of hydrogen-bond donors (Lipinski definition) is 1. The van der Waals surface area contributed by atoms with Gasteiger partial charge in [-0.2, -0.15) is 0 Å². The highest BCUT2D eigenvalue weighted by atomic mass is 16.5. The lowest BCUT2D eigenvalue weighted by atomic mass is 9.96. The molecule has 0 amide bonds. The summed E-state index contributed by atoms with van der Waals surface area (Å²) in [5, 5.41) is 9.40. The van der Waals surface area contributed by atoms with E-state index in [4.69, 9.17) is 4.74 Å². The van der Waals surface area contributed by atoms with Gasteiger partial charge in [0, 0.05) is 0 Å². The maximum Gasteiger partial charge on any atom is 0.311 e. The van der Waals surface area contributed by atoms with Gasteiger partial charge in [-0.1, -0.05) is 36.4 Å². The number of aliphatic carboxylic acids is 1. The normalized spacial score (nSPS) is 14.4. The highest BCUT2D eigenvalue weighted by Gasteiger charge is 2.19. The summed E-state index contributed by atoms with van der Waals surface area (Å²) in [6.07, 6.45) is 3.96. The topological polar surface area (TPSA) is 46.5 Å². The van der Waals surface area contributed by atoms with Crippen LogP contribution in [-0.4, -0.2) is 17.7 Å². The van der Waals surface area contributed by atoms with Gasteiger partial charge in [-0.25, -0.2) is 0 Å². The van der Waals surface area contributed by atoms with E-state index in [1.54, 1.807) is 0 Å². The van der Waals surface area contributed by atoms with Crippen LogP contribution >= 0.6 is 0 Å². The zero-order chi connectivity index (χ0) is 15.4. The Balaban J connectivity index is 1.60. The lowest BCUT2D eigenvalue weighted by Gasteiger charge is -2.14. The first-order valence-electron chi connectivity index (χ1n) is 7.76. The standard InChI is InChI=1S/C19H20O3/c20-19(21)18(15-5-2-1-3-6-15)11-12-22-17-10-9-14-7-4-8-16(14)13-17/h1-3,5-6,9-10,13,18H,4,7-8,11-12H2,(H,20,21). The SMILES string of the molecule is O=C(O)C(CCOc1ccc2c(c1)CCC2)c1ccccc1. The lowest BCUT2D eigenvalue weighted by molar-refractivity contribution is -0.139. The number of aryl methyl sites for hydroxylation is 2. The second-order valence-electron chi connectivity index (χ2n) is 5.72. The molecule has 3 rings (SSSR count). The van der Waals surface area contributed by atoms with Crippen molar-refractivity contribution in [1.82, 2.24) is 0 Å². The van der Waals surface area contributed by atoms with E-state index < -0.39 is 11.9 Å². The molecular formula is C19H20O3. The molecule has 3 heteroatoms. The van der Waals surface area contributed by atoms with Crippen LogP contribution in [0.25, 0.3) is 0 Å². The van der Waals surface area contributed by atoms with E-state index in [-0.39, 0.29) is 0 Å². The van der Waals surface area contributed by atoms with Crippen molar-refractivity contribution in [1.29, 1.82) is 0 Å². The fourth-order valence-corrected chi connectivity index (χ4v) is 3.05. The van der Waals surface area contributed by atoms with Crippen LogP contribution in [0, 0.1) is 0 Å². The summed E-state index contributed by atoms with van der Waals surface area (Å²) in [6, 6.07) is 15.6. The van der Waals surface area contributed by atoms with Gasteiger partial charge in [0.15, 0.2) is 0 Å². The van der Waals surface area contributed by atoms with Crippen molar-refractivity contribution in [2.45, 2.75) is 31.6 Å². The van der Waals surface area contributed by atoms with Crippen LogP contribution in [0.4, 0.5) is 0 Å². The van der Waals surface area contributed by atoms with Gasteiger partial charge in [-0.3, -0.25) is 4.79 Å². The van der Waals surface area contributed by atoms with Crippen LogP contribution in [-0.2, 0) is 17.6 Å². The van der Waals surface area contributed by atoms with Crippen molar-refractivity contribution in [2.75, 3.05) is 6.61 Å². The molecule has 0 bridgehead atoms. The van der Waals surface area contributed by atoms with E-state index in [1.165, 1.54) is 17.5 Å². The van der Waals surface area contributed by atoms with Gasteiger partial charge in [0.1, 0.15) is 5.75 Å². The number of carboxylic acids is 1. The third kappa shape index (κ3) is 3.30. The van der Waals surface area contributed by atoms with Gasteiger partial charge >= 0.3 is 5.97 Å². The second kappa shape index (κ2) is 6.65. The highest BCUT2D eigenvalue weighted by Crippen LogP contribution is 2.27. The summed E-state index contributed by atoms with van der Waals surface area (Å²) < 4.78 is 5.77. The molecule has 1 aliphatic rings. The monoisotopic (exact) mass is 296 g/mol. The number of benzene rings is 2. The number of rotatable bonds is 6. The van der Waals surface area contributed by atoms with E-state index in [0.29, 0.717) is 13.0 Å². The van der Waals surface area contributed by atoms with E-state index in [2.05, 4.69) is 12.1 Å². The molecule has 0 aliphatic heterocycles. The van der Waals surface area contributed by atoms with Crippen LogP contribution in [0.15, 0.2) is 48.5 Å². The molecule has 114 valence electrons. The molecule has 1 N–H and O–H groups in total. The van der Waals surface area contributed by atoms with Gasteiger partial charge in [0.25, 0.3) is 0 Å². The smallest absolute Gasteiger partial charge is 0.311 e. The van der Waals surface area contributed by atoms with Gasteiger partial charge in [-0.15, -0.1) is 0 Å². The van der Waals surface area contributed by atoms with Crippen molar-refractivity contribution in [3.05, 3.63) is 65.2 Å². The van der Waals surface area contributed by atoms with Crippen LogP contribution in [0.3, 0.4) is 0 Å². The number of hydrogen-bond acceptors (Lipinski definition) is 2.